The van der Waals surface area contributed by atoms with Gasteiger partial charge in [0.1, 0.15) is 0 Å². The molecule has 2 bridgehead atoms. The Morgan fingerprint density at radius 2 is 1.80 bits per heavy atom. The highest BCUT2D eigenvalue weighted by molar-refractivity contribution is 7.92. The molecule has 4 N–H and O–H groups in total. The average molecular weight is 569 g/mol. The van der Waals surface area contributed by atoms with Crippen LogP contribution in [-0.4, -0.2) is 62.5 Å². The molecule has 0 unspecified atom stereocenters. The van der Waals surface area contributed by atoms with Crippen LogP contribution in [0, 0.1) is 5.92 Å². The molecule has 0 aromatic heterocycles. The van der Waals surface area contributed by atoms with Crippen LogP contribution < -0.4 is 20.3 Å². The first-order valence-electron chi connectivity index (χ1n) is 14.9. The second kappa shape index (κ2) is 12.5. The lowest BCUT2D eigenvalue weighted by Gasteiger charge is -2.47. The molecule has 8 nitrogen and oxygen atoms in total. The van der Waals surface area contributed by atoms with Crippen molar-refractivity contribution in [3.05, 3.63) is 59.7 Å². The zero-order valence-electron chi connectivity index (χ0n) is 23.6. The Morgan fingerprint density at radius 1 is 1.07 bits per heavy atom. The van der Waals surface area contributed by atoms with E-state index in [-0.39, 0.29) is 17.2 Å². The Balaban J connectivity index is 1.36. The Labute approximate surface area is 239 Å². The molecule has 1 saturated heterocycles. The average Bonchev–Trinajstić information content (AvgIpc) is 2.97. The summed E-state index contributed by atoms with van der Waals surface area (Å²) in [6, 6.07) is 14.6. The molecule has 40 heavy (non-hydrogen) atoms. The van der Waals surface area contributed by atoms with Gasteiger partial charge < -0.3 is 21.1 Å². The molecule has 9 heteroatoms. The van der Waals surface area contributed by atoms with Crippen molar-refractivity contribution in [2.24, 2.45) is 5.92 Å². The van der Waals surface area contributed by atoms with Gasteiger partial charge in [-0.2, -0.15) is 0 Å². The summed E-state index contributed by atoms with van der Waals surface area (Å²) in [5, 5.41) is 21.5. The largest absolute Gasteiger partial charge is 0.390 e. The molecule has 3 saturated carbocycles. The van der Waals surface area contributed by atoms with Crippen LogP contribution in [0.15, 0.2) is 48.5 Å². The SMILES string of the molecule is CCNc1cc(C(=O)N[C@@H](Cc2ccccc2)[C@H](O)CNC23CCC(CC2)CC3)cc(N2CCCCS2(=O)=O)c1. The van der Waals surface area contributed by atoms with Crippen molar-refractivity contribution >= 4 is 27.3 Å². The Kier molecular flexibility index (Phi) is 9.02. The zero-order chi connectivity index (χ0) is 28.2. The number of anilines is 2. The van der Waals surface area contributed by atoms with Gasteiger partial charge in [0.15, 0.2) is 0 Å². The molecule has 4 fully saturated rings. The van der Waals surface area contributed by atoms with E-state index >= 15 is 0 Å². The van der Waals surface area contributed by atoms with Gasteiger partial charge in [0, 0.05) is 36.4 Å². The van der Waals surface area contributed by atoms with Crippen LogP contribution in [0.4, 0.5) is 11.4 Å². The first-order chi connectivity index (χ1) is 19.3. The fraction of sp³-hybridized carbons (Fsp3) is 0.581. The number of fused-ring (bicyclic) bond motifs is 3. The van der Waals surface area contributed by atoms with E-state index in [4.69, 9.17) is 0 Å². The lowest BCUT2D eigenvalue weighted by atomic mass is 9.66. The van der Waals surface area contributed by atoms with Gasteiger partial charge in [0.2, 0.25) is 10.0 Å². The molecule has 0 spiro atoms. The van der Waals surface area contributed by atoms with Gasteiger partial charge >= 0.3 is 0 Å². The minimum atomic E-state index is -3.43. The van der Waals surface area contributed by atoms with E-state index in [1.165, 1.54) is 23.6 Å². The summed E-state index contributed by atoms with van der Waals surface area (Å²) in [5.41, 5.74) is 2.70. The quantitative estimate of drug-likeness (QED) is 0.325. The molecule has 2 atom stereocenters. The normalized spacial score (nSPS) is 25.2. The number of sulfonamides is 1. The summed E-state index contributed by atoms with van der Waals surface area (Å²) < 4.78 is 27.1. The molecule has 4 aliphatic rings. The molecule has 1 amide bonds. The summed E-state index contributed by atoms with van der Waals surface area (Å²) >= 11 is 0. The smallest absolute Gasteiger partial charge is 0.251 e. The highest BCUT2D eigenvalue weighted by Gasteiger charge is 2.40. The molecule has 6 rings (SSSR count). The van der Waals surface area contributed by atoms with Crippen LogP contribution in [0.5, 0.6) is 0 Å². The highest BCUT2D eigenvalue weighted by atomic mass is 32.2. The van der Waals surface area contributed by atoms with Gasteiger partial charge in [-0.15, -0.1) is 0 Å². The maximum absolute atomic E-state index is 13.7. The van der Waals surface area contributed by atoms with E-state index in [9.17, 15) is 18.3 Å². The molecule has 2 aromatic rings. The Bertz CT molecular complexity index is 1250. The second-order valence-corrected chi connectivity index (χ2v) is 13.9. The predicted molar refractivity (Wildman–Crippen MR) is 160 cm³/mol. The highest BCUT2D eigenvalue weighted by Crippen LogP contribution is 2.44. The number of rotatable bonds is 11. The van der Waals surface area contributed by atoms with E-state index in [0.29, 0.717) is 49.4 Å². The lowest BCUT2D eigenvalue weighted by molar-refractivity contribution is 0.0645. The number of benzene rings is 2. The number of aliphatic hydroxyl groups excluding tert-OH is 1. The number of carbonyl (C=O) groups excluding carboxylic acids is 1. The van der Waals surface area contributed by atoms with Gasteiger partial charge in [-0.25, -0.2) is 8.42 Å². The summed E-state index contributed by atoms with van der Waals surface area (Å²) in [6.07, 6.45) is 8.36. The fourth-order valence-corrected chi connectivity index (χ4v) is 8.28. The number of hydrogen-bond acceptors (Lipinski definition) is 6. The number of carbonyl (C=O) groups is 1. The van der Waals surface area contributed by atoms with Gasteiger partial charge in [0.05, 0.1) is 23.6 Å². The standard InChI is InChI=1S/C31H44N4O4S/c1-2-32-26-19-25(20-27(21-26)35-16-6-7-17-40(35,38)39)30(37)34-28(18-24-8-4-3-5-9-24)29(36)22-33-31-13-10-23(11-14-31)12-15-31/h3-5,8-9,19-21,23,28-29,32-33,36H,2,6-7,10-18,22H2,1H3,(H,34,37)/t23?,28-,29+,31?/m0/s1. The molecule has 1 aliphatic heterocycles. The van der Waals surface area contributed by atoms with E-state index in [1.807, 2.05) is 37.3 Å². The third-order valence-electron chi connectivity index (χ3n) is 9.06. The summed E-state index contributed by atoms with van der Waals surface area (Å²) in [5.74, 6) is 0.647. The zero-order valence-corrected chi connectivity index (χ0v) is 24.4. The molecular formula is C31H44N4O4S. The van der Waals surface area contributed by atoms with E-state index < -0.39 is 22.2 Å². The van der Waals surface area contributed by atoms with Crippen molar-refractivity contribution in [3.8, 4) is 0 Å². The van der Waals surface area contributed by atoms with Crippen molar-refractivity contribution in [2.75, 3.05) is 35.0 Å². The van der Waals surface area contributed by atoms with Crippen molar-refractivity contribution in [2.45, 2.75) is 82.4 Å². The van der Waals surface area contributed by atoms with Crippen LogP contribution in [0.1, 0.15) is 74.2 Å². The molecule has 0 radical (unpaired) electrons. The van der Waals surface area contributed by atoms with E-state index in [1.54, 1.807) is 18.2 Å². The van der Waals surface area contributed by atoms with Crippen molar-refractivity contribution < 1.29 is 18.3 Å². The predicted octanol–water partition coefficient (Wildman–Crippen LogP) is 4.06. The molecule has 2 aromatic carbocycles. The van der Waals surface area contributed by atoms with E-state index in [0.717, 1.165) is 37.2 Å². The topological polar surface area (TPSA) is 111 Å². The number of aliphatic hydroxyl groups is 1. The number of amides is 1. The Hall–Kier alpha value is -2.62. The third kappa shape index (κ3) is 6.81. The molecular weight excluding hydrogens is 524 g/mol. The molecule has 218 valence electrons. The monoisotopic (exact) mass is 568 g/mol. The molecule has 1 heterocycles. The van der Waals surface area contributed by atoms with Crippen molar-refractivity contribution in [1.82, 2.24) is 10.6 Å². The molecule has 3 aliphatic carbocycles. The number of β-amino-alcohol motifs (C(OH)–C–C–N with tert-alkyl or cyclic N) is 1. The third-order valence-corrected chi connectivity index (χ3v) is 10.9. The van der Waals surface area contributed by atoms with Gasteiger partial charge in [0.25, 0.3) is 5.91 Å². The second-order valence-electron chi connectivity index (χ2n) is 11.9. The number of nitrogens with zero attached hydrogens (tertiary/aromatic N) is 1. The minimum Gasteiger partial charge on any atom is -0.390 e. The first-order valence-corrected chi connectivity index (χ1v) is 16.6. The fourth-order valence-electron chi connectivity index (χ4n) is 6.65. The van der Waals surface area contributed by atoms with Crippen LogP contribution in [0.3, 0.4) is 0 Å². The number of nitrogens with one attached hydrogen (secondary N) is 3. The van der Waals surface area contributed by atoms with Gasteiger partial charge in [-0.05, 0) is 94.4 Å². The Morgan fingerprint density at radius 3 is 2.48 bits per heavy atom. The summed E-state index contributed by atoms with van der Waals surface area (Å²) in [7, 11) is -3.43. The minimum absolute atomic E-state index is 0.103. The summed E-state index contributed by atoms with van der Waals surface area (Å²) in [6.45, 7) is 3.42. The van der Waals surface area contributed by atoms with Gasteiger partial charge in [-0.3, -0.25) is 9.10 Å². The maximum atomic E-state index is 13.7. The maximum Gasteiger partial charge on any atom is 0.251 e. The summed E-state index contributed by atoms with van der Waals surface area (Å²) in [4.78, 5) is 13.7. The van der Waals surface area contributed by atoms with Crippen LogP contribution in [0.2, 0.25) is 0 Å². The van der Waals surface area contributed by atoms with Crippen LogP contribution in [-0.2, 0) is 16.4 Å². The van der Waals surface area contributed by atoms with Crippen molar-refractivity contribution in [3.63, 3.8) is 0 Å². The lowest BCUT2D eigenvalue weighted by Crippen LogP contribution is -2.56. The van der Waals surface area contributed by atoms with Gasteiger partial charge in [-0.1, -0.05) is 30.3 Å². The first kappa shape index (κ1) is 28.9. The van der Waals surface area contributed by atoms with Crippen LogP contribution in [0.25, 0.3) is 0 Å². The van der Waals surface area contributed by atoms with Crippen LogP contribution >= 0.6 is 0 Å². The van der Waals surface area contributed by atoms with Crippen molar-refractivity contribution in [1.29, 1.82) is 0 Å². The number of hydrogen-bond donors (Lipinski definition) is 4. The van der Waals surface area contributed by atoms with E-state index in [2.05, 4.69) is 16.0 Å².